The zero-order chi connectivity index (χ0) is 17.7. The lowest BCUT2D eigenvalue weighted by molar-refractivity contribution is -0.0213. The smallest absolute Gasteiger partial charge is 0.134 e. The molecule has 2 N–H and O–H groups in total. The van der Waals surface area contributed by atoms with Gasteiger partial charge in [0.25, 0.3) is 0 Å². The van der Waals surface area contributed by atoms with Crippen molar-refractivity contribution in [3.05, 3.63) is 47.7 Å². The summed E-state index contributed by atoms with van der Waals surface area (Å²) in [4.78, 5) is 0. The third kappa shape index (κ3) is 3.01. The molecule has 4 aliphatic carbocycles. The van der Waals surface area contributed by atoms with Crippen molar-refractivity contribution >= 4 is 0 Å². The second-order valence-electron chi connectivity index (χ2n) is 9.12. The zero-order valence-corrected chi connectivity index (χ0v) is 15.6. The summed E-state index contributed by atoms with van der Waals surface area (Å²) in [5, 5.41) is 13.5. The van der Waals surface area contributed by atoms with Crippen molar-refractivity contribution in [3.8, 4) is 11.3 Å². The molecule has 4 fully saturated rings. The number of furan rings is 1. The highest BCUT2D eigenvalue weighted by Gasteiger charge is 2.50. The van der Waals surface area contributed by atoms with Crippen LogP contribution in [0.25, 0.3) is 11.3 Å². The average molecular weight is 351 g/mol. The lowest BCUT2D eigenvalue weighted by Crippen LogP contribution is -2.58. The summed E-state index contributed by atoms with van der Waals surface area (Å²) in [5.74, 6) is 4.83. The summed E-state index contributed by atoms with van der Waals surface area (Å²) < 4.78 is 6.11. The van der Waals surface area contributed by atoms with Crippen LogP contribution < -0.4 is 5.32 Å². The van der Waals surface area contributed by atoms with Crippen molar-refractivity contribution in [2.75, 3.05) is 0 Å². The second kappa shape index (κ2) is 6.24. The Morgan fingerprint density at radius 1 is 1.00 bits per heavy atom. The van der Waals surface area contributed by atoms with E-state index in [0.29, 0.717) is 5.54 Å². The van der Waals surface area contributed by atoms with Gasteiger partial charge in [0.2, 0.25) is 0 Å². The highest BCUT2D eigenvalue weighted by Crippen LogP contribution is 2.55. The van der Waals surface area contributed by atoms with Crippen molar-refractivity contribution in [2.24, 2.45) is 17.8 Å². The van der Waals surface area contributed by atoms with E-state index in [-0.39, 0.29) is 0 Å². The Kier molecular flexibility index (Phi) is 3.98. The van der Waals surface area contributed by atoms with Crippen LogP contribution in [0.3, 0.4) is 0 Å². The summed E-state index contributed by atoms with van der Waals surface area (Å²) in [7, 11) is 0. The number of hydrogen-bond acceptors (Lipinski definition) is 3. The van der Waals surface area contributed by atoms with Crippen LogP contribution in [0.5, 0.6) is 0 Å². The van der Waals surface area contributed by atoms with Gasteiger partial charge >= 0.3 is 0 Å². The Bertz CT molecular complexity index is 738. The molecule has 3 nitrogen and oxygen atoms in total. The van der Waals surface area contributed by atoms with Crippen LogP contribution in [-0.2, 0) is 6.54 Å². The van der Waals surface area contributed by atoms with Crippen molar-refractivity contribution in [2.45, 2.75) is 63.6 Å². The summed E-state index contributed by atoms with van der Waals surface area (Å²) in [6.07, 6.45) is 8.12. The maximum atomic E-state index is 9.64. The molecule has 1 aromatic heterocycles. The number of benzene rings is 1. The topological polar surface area (TPSA) is 45.4 Å². The summed E-state index contributed by atoms with van der Waals surface area (Å²) in [6, 6.07) is 12.2. The minimum Gasteiger partial charge on any atom is -0.460 e. The van der Waals surface area contributed by atoms with Gasteiger partial charge < -0.3 is 14.8 Å². The van der Waals surface area contributed by atoms with E-state index < -0.39 is 6.10 Å². The molecular formula is C23H29NO2. The van der Waals surface area contributed by atoms with Crippen molar-refractivity contribution in [1.82, 2.24) is 5.32 Å². The molecule has 0 amide bonds. The van der Waals surface area contributed by atoms with Crippen LogP contribution in [0.15, 0.2) is 40.8 Å². The average Bonchev–Trinajstić information content (AvgIpc) is 3.08. The van der Waals surface area contributed by atoms with E-state index in [0.717, 1.165) is 46.9 Å². The van der Waals surface area contributed by atoms with Crippen LogP contribution in [0.4, 0.5) is 0 Å². The van der Waals surface area contributed by atoms with Gasteiger partial charge in [-0.2, -0.15) is 0 Å². The maximum absolute atomic E-state index is 9.64. The van der Waals surface area contributed by atoms with Gasteiger partial charge in [0.1, 0.15) is 11.5 Å². The molecule has 0 saturated heterocycles. The summed E-state index contributed by atoms with van der Waals surface area (Å²) in [5.41, 5.74) is 2.38. The summed E-state index contributed by atoms with van der Waals surface area (Å²) >= 11 is 0. The highest BCUT2D eigenvalue weighted by atomic mass is 16.3. The highest BCUT2D eigenvalue weighted by molar-refractivity contribution is 5.58. The maximum Gasteiger partial charge on any atom is 0.134 e. The molecular weight excluding hydrogens is 322 g/mol. The van der Waals surface area contributed by atoms with Gasteiger partial charge in [-0.15, -0.1) is 0 Å². The quantitative estimate of drug-likeness (QED) is 0.791. The van der Waals surface area contributed by atoms with Gasteiger partial charge in [-0.3, -0.25) is 0 Å². The van der Waals surface area contributed by atoms with Crippen molar-refractivity contribution in [3.63, 3.8) is 0 Å². The molecule has 138 valence electrons. The lowest BCUT2D eigenvalue weighted by atomic mass is 9.53. The minimum absolute atomic E-state index is 0.376. The van der Waals surface area contributed by atoms with Crippen molar-refractivity contribution in [1.29, 1.82) is 0 Å². The van der Waals surface area contributed by atoms with Crippen LogP contribution >= 0.6 is 0 Å². The first-order valence-electron chi connectivity index (χ1n) is 10.2. The molecule has 1 atom stereocenters. The van der Waals surface area contributed by atoms with E-state index >= 15 is 0 Å². The molecule has 2 aromatic rings. The summed E-state index contributed by atoms with van der Waals surface area (Å²) in [6.45, 7) is 2.62. The number of hydrogen-bond donors (Lipinski definition) is 2. The van der Waals surface area contributed by atoms with E-state index in [4.69, 9.17) is 4.42 Å². The Morgan fingerprint density at radius 2 is 1.62 bits per heavy atom. The van der Waals surface area contributed by atoms with Gasteiger partial charge in [-0.05, 0) is 80.9 Å². The Labute approximate surface area is 155 Å². The van der Waals surface area contributed by atoms with Crippen LogP contribution in [-0.4, -0.2) is 10.6 Å². The second-order valence-corrected chi connectivity index (χ2v) is 9.12. The van der Waals surface area contributed by atoms with E-state index in [9.17, 15) is 5.11 Å². The number of rotatable bonds is 5. The molecule has 6 rings (SSSR count). The van der Waals surface area contributed by atoms with Crippen molar-refractivity contribution < 1.29 is 9.52 Å². The van der Waals surface area contributed by atoms with E-state index in [1.807, 2.05) is 24.3 Å². The molecule has 1 aromatic carbocycles. The zero-order valence-electron chi connectivity index (χ0n) is 15.6. The van der Waals surface area contributed by atoms with E-state index in [1.165, 1.54) is 38.5 Å². The monoisotopic (exact) mass is 351 g/mol. The number of aliphatic hydroxyl groups excluding tert-OH is 1. The molecule has 4 bridgehead atoms. The Hall–Kier alpha value is -1.58. The fraction of sp³-hybridized carbons (Fsp3) is 0.565. The van der Waals surface area contributed by atoms with Gasteiger partial charge in [-0.25, -0.2) is 0 Å². The minimum atomic E-state index is -0.430. The first-order valence-corrected chi connectivity index (χ1v) is 10.2. The molecule has 0 unspecified atom stereocenters. The standard InChI is InChI=1S/C23H29NO2/c1-15(25)19-2-4-20(5-3-19)22-7-6-21(26-22)14-24-23-11-16-8-17(12-23)10-18(9-16)13-23/h2-7,15-18,24-25H,8-14H2,1H3/t15-,16?,17?,18?,23?/m0/s1. The third-order valence-electron chi connectivity index (χ3n) is 7.02. The molecule has 3 heteroatoms. The molecule has 4 aliphatic rings. The predicted octanol–water partition coefficient (Wildman–Crippen LogP) is 5.06. The molecule has 0 spiro atoms. The van der Waals surface area contributed by atoms with Gasteiger partial charge in [0.05, 0.1) is 12.6 Å². The van der Waals surface area contributed by atoms with Gasteiger partial charge in [-0.1, -0.05) is 24.3 Å². The number of nitrogens with one attached hydrogen (secondary N) is 1. The van der Waals surface area contributed by atoms with E-state index in [2.05, 4.69) is 17.4 Å². The van der Waals surface area contributed by atoms with Crippen LogP contribution in [0.1, 0.15) is 62.9 Å². The van der Waals surface area contributed by atoms with E-state index in [1.54, 1.807) is 6.92 Å². The fourth-order valence-corrected chi connectivity index (χ4v) is 6.16. The van der Waals surface area contributed by atoms with Gasteiger partial charge in [0.15, 0.2) is 0 Å². The van der Waals surface area contributed by atoms with Gasteiger partial charge in [0, 0.05) is 11.1 Å². The third-order valence-corrected chi connectivity index (χ3v) is 7.02. The SMILES string of the molecule is C[C@H](O)c1ccc(-c2ccc(CNC34CC5CC(CC(C5)C3)C4)o2)cc1. The Morgan fingerprint density at radius 3 is 2.19 bits per heavy atom. The van der Waals surface area contributed by atoms with Crippen LogP contribution in [0, 0.1) is 17.8 Å². The first kappa shape index (κ1) is 16.6. The molecule has 0 radical (unpaired) electrons. The normalized spacial score (nSPS) is 33.5. The molecule has 1 heterocycles. The van der Waals surface area contributed by atoms with Crippen LogP contribution in [0.2, 0.25) is 0 Å². The molecule has 0 aliphatic heterocycles. The largest absolute Gasteiger partial charge is 0.460 e. The number of aliphatic hydroxyl groups is 1. The fourth-order valence-electron chi connectivity index (χ4n) is 6.16. The first-order chi connectivity index (χ1) is 12.6. The molecule has 26 heavy (non-hydrogen) atoms. The lowest BCUT2D eigenvalue weighted by Gasteiger charge is -2.57. The molecule has 4 saturated carbocycles. The predicted molar refractivity (Wildman–Crippen MR) is 103 cm³/mol. The Balaban J connectivity index is 1.26.